The third-order valence-corrected chi connectivity index (χ3v) is 14.4. The first kappa shape index (κ1) is 36.6. The highest BCUT2D eigenvalue weighted by atomic mass is 15.1. The standard InChI is InChI=1S/C61H47N/c1-3-16-43(17-4-1)46-20-15-21-47(39-46)44-31-34-49(35-32-44)62(50-36-37-59-57(40-50)55-26-11-13-28-58(55)61(59)41-42-30-33-48(61)38-42)60-29-14-12-27-56(60)54-25-10-9-24-53(54)52-23-8-7-22-51(52)45-18-5-2-6-19-45/h1-29,31-32,34-37,39-40,42,48H,30,33,38,41H2. The maximum atomic E-state index is 2.51. The van der Waals surface area contributed by atoms with Crippen molar-refractivity contribution in [3.63, 3.8) is 0 Å². The number of hydrogen-bond acceptors (Lipinski definition) is 1. The van der Waals surface area contributed by atoms with Gasteiger partial charge in [-0.1, -0.05) is 194 Å². The Hall–Kier alpha value is -7.22. The van der Waals surface area contributed by atoms with E-state index in [9.17, 15) is 0 Å². The molecule has 2 fully saturated rings. The Morgan fingerprint density at radius 2 is 0.855 bits per heavy atom. The third-order valence-electron chi connectivity index (χ3n) is 14.4. The van der Waals surface area contributed by atoms with Crippen molar-refractivity contribution in [2.45, 2.75) is 31.1 Å². The zero-order valence-electron chi connectivity index (χ0n) is 34.8. The lowest BCUT2D eigenvalue weighted by atomic mass is 9.67. The molecule has 3 unspecified atom stereocenters. The number of nitrogens with zero attached hydrogens (tertiary/aromatic N) is 1. The van der Waals surface area contributed by atoms with Gasteiger partial charge in [0, 0.05) is 22.4 Å². The van der Waals surface area contributed by atoms with E-state index in [1.807, 2.05) is 0 Å². The van der Waals surface area contributed by atoms with E-state index < -0.39 is 0 Å². The first-order chi connectivity index (χ1) is 30.7. The van der Waals surface area contributed by atoms with E-state index in [4.69, 9.17) is 0 Å². The van der Waals surface area contributed by atoms with Crippen molar-refractivity contribution in [2.24, 2.45) is 11.8 Å². The maximum Gasteiger partial charge on any atom is 0.0540 e. The number of para-hydroxylation sites is 1. The van der Waals surface area contributed by atoms with Crippen molar-refractivity contribution in [1.29, 1.82) is 0 Å². The minimum atomic E-state index is 0.136. The lowest BCUT2D eigenvalue weighted by Gasteiger charge is -2.36. The Morgan fingerprint density at radius 1 is 0.339 bits per heavy atom. The number of hydrogen-bond donors (Lipinski definition) is 0. The van der Waals surface area contributed by atoms with Gasteiger partial charge in [-0.15, -0.1) is 0 Å². The van der Waals surface area contributed by atoms with E-state index in [1.54, 1.807) is 11.1 Å². The molecule has 3 aliphatic rings. The summed E-state index contributed by atoms with van der Waals surface area (Å²) in [5.74, 6) is 1.56. The number of fused-ring (bicyclic) bond motifs is 8. The van der Waals surface area contributed by atoms with Crippen molar-refractivity contribution in [3.05, 3.63) is 236 Å². The molecule has 0 saturated heterocycles. The van der Waals surface area contributed by atoms with Gasteiger partial charge in [0.05, 0.1) is 5.69 Å². The zero-order valence-corrected chi connectivity index (χ0v) is 34.8. The molecule has 296 valence electrons. The van der Waals surface area contributed by atoms with Crippen molar-refractivity contribution < 1.29 is 0 Å². The zero-order chi connectivity index (χ0) is 41.0. The largest absolute Gasteiger partial charge is 0.310 e. The summed E-state index contributed by atoms with van der Waals surface area (Å²) < 4.78 is 0. The van der Waals surface area contributed by atoms with Crippen molar-refractivity contribution in [1.82, 2.24) is 0 Å². The fraction of sp³-hybridized carbons (Fsp3) is 0.115. The van der Waals surface area contributed by atoms with Crippen LogP contribution in [0.2, 0.25) is 0 Å². The summed E-state index contributed by atoms with van der Waals surface area (Å²) in [6.45, 7) is 0. The maximum absolute atomic E-state index is 2.51. The summed E-state index contributed by atoms with van der Waals surface area (Å²) in [6.07, 6.45) is 5.37. The molecule has 1 spiro atoms. The smallest absolute Gasteiger partial charge is 0.0540 e. The molecule has 2 saturated carbocycles. The predicted octanol–water partition coefficient (Wildman–Crippen LogP) is 16.6. The third kappa shape index (κ3) is 5.98. The van der Waals surface area contributed by atoms with Crippen LogP contribution in [-0.2, 0) is 5.41 Å². The Morgan fingerprint density at radius 3 is 1.53 bits per heavy atom. The van der Waals surface area contributed by atoms with Gasteiger partial charge in [0.1, 0.15) is 0 Å². The predicted molar refractivity (Wildman–Crippen MR) is 260 cm³/mol. The summed E-state index contributed by atoms with van der Waals surface area (Å²) in [7, 11) is 0. The van der Waals surface area contributed by atoms with Crippen LogP contribution in [0.1, 0.15) is 36.8 Å². The van der Waals surface area contributed by atoms with Gasteiger partial charge < -0.3 is 4.90 Å². The van der Waals surface area contributed by atoms with Crippen LogP contribution < -0.4 is 4.90 Å². The molecule has 12 rings (SSSR count). The van der Waals surface area contributed by atoms with Gasteiger partial charge in [0.25, 0.3) is 0 Å². The summed E-state index contributed by atoms with van der Waals surface area (Å²) in [5, 5.41) is 0. The number of anilines is 3. The van der Waals surface area contributed by atoms with E-state index in [2.05, 4.69) is 229 Å². The highest BCUT2D eigenvalue weighted by Crippen LogP contribution is 2.66. The van der Waals surface area contributed by atoms with Crippen molar-refractivity contribution in [3.8, 4) is 66.8 Å². The van der Waals surface area contributed by atoms with Gasteiger partial charge in [0.2, 0.25) is 0 Å². The molecule has 0 N–H and O–H groups in total. The second kappa shape index (κ2) is 15.0. The average molecular weight is 794 g/mol. The summed E-state index contributed by atoms with van der Waals surface area (Å²) in [5.41, 5.74) is 21.6. The minimum Gasteiger partial charge on any atom is -0.310 e. The van der Waals surface area contributed by atoms with E-state index in [1.165, 1.54) is 98.1 Å². The second-order valence-electron chi connectivity index (χ2n) is 17.6. The Balaban J connectivity index is 1.03. The quantitative estimate of drug-likeness (QED) is 0.148. The van der Waals surface area contributed by atoms with Crippen LogP contribution in [0.3, 0.4) is 0 Å². The van der Waals surface area contributed by atoms with Crippen LogP contribution in [0.25, 0.3) is 66.8 Å². The number of benzene rings is 9. The molecule has 3 atom stereocenters. The van der Waals surface area contributed by atoms with Gasteiger partial charge in [0.15, 0.2) is 0 Å². The highest BCUT2D eigenvalue weighted by Gasteiger charge is 2.56. The van der Waals surface area contributed by atoms with E-state index >= 15 is 0 Å². The molecule has 0 amide bonds. The van der Waals surface area contributed by atoms with Crippen molar-refractivity contribution >= 4 is 17.1 Å². The van der Waals surface area contributed by atoms with Crippen LogP contribution in [0.4, 0.5) is 17.1 Å². The van der Waals surface area contributed by atoms with Crippen LogP contribution >= 0.6 is 0 Å². The highest BCUT2D eigenvalue weighted by molar-refractivity contribution is 5.98. The monoisotopic (exact) mass is 793 g/mol. The SMILES string of the molecule is c1ccc(-c2cccc(-c3ccc(N(c4ccc5c(c4)-c4ccccc4C54CC5CCC4C5)c4ccccc4-c4ccccc4-c4ccccc4-c4ccccc4)cc3)c2)cc1. The first-order valence-corrected chi connectivity index (χ1v) is 22.4. The first-order valence-electron chi connectivity index (χ1n) is 22.4. The Kier molecular flexibility index (Phi) is 8.89. The minimum absolute atomic E-state index is 0.136. The molecule has 9 aromatic rings. The van der Waals surface area contributed by atoms with Gasteiger partial charge in [-0.25, -0.2) is 0 Å². The van der Waals surface area contributed by atoms with Crippen molar-refractivity contribution in [2.75, 3.05) is 4.90 Å². The molecule has 9 aromatic carbocycles. The molecule has 1 nitrogen and oxygen atoms in total. The molecule has 0 aliphatic heterocycles. The summed E-state index contributed by atoms with van der Waals surface area (Å²) >= 11 is 0. The topological polar surface area (TPSA) is 3.24 Å². The number of rotatable bonds is 8. The van der Waals surface area contributed by atoms with E-state index in [-0.39, 0.29) is 5.41 Å². The molecule has 0 aromatic heterocycles. The molecule has 1 heteroatoms. The van der Waals surface area contributed by atoms with E-state index in [0.717, 1.165) is 23.2 Å². The molecular weight excluding hydrogens is 747 g/mol. The summed E-state index contributed by atoms with van der Waals surface area (Å²) in [6, 6.07) is 83.2. The average Bonchev–Trinajstić information content (AvgIpc) is 4.05. The molecule has 0 heterocycles. The fourth-order valence-electron chi connectivity index (χ4n) is 11.7. The molecule has 62 heavy (non-hydrogen) atoms. The lowest BCUT2D eigenvalue weighted by molar-refractivity contribution is 0.327. The molecule has 3 aliphatic carbocycles. The van der Waals surface area contributed by atoms with Crippen LogP contribution in [0.5, 0.6) is 0 Å². The summed E-state index contributed by atoms with van der Waals surface area (Å²) in [4.78, 5) is 2.51. The van der Waals surface area contributed by atoms with Crippen LogP contribution in [-0.4, -0.2) is 0 Å². The molecule has 0 radical (unpaired) electrons. The van der Waals surface area contributed by atoms with Gasteiger partial charge in [-0.05, 0) is 140 Å². The lowest BCUT2D eigenvalue weighted by Crippen LogP contribution is -2.31. The second-order valence-corrected chi connectivity index (χ2v) is 17.6. The van der Waals surface area contributed by atoms with Crippen LogP contribution in [0, 0.1) is 11.8 Å². The van der Waals surface area contributed by atoms with Crippen LogP contribution in [0.15, 0.2) is 224 Å². The molecular formula is C61H47N. The Labute approximate surface area is 365 Å². The van der Waals surface area contributed by atoms with E-state index in [0.29, 0.717) is 0 Å². The molecule has 2 bridgehead atoms. The van der Waals surface area contributed by atoms with Gasteiger partial charge >= 0.3 is 0 Å². The Bertz CT molecular complexity index is 3090. The van der Waals surface area contributed by atoms with Gasteiger partial charge in [-0.2, -0.15) is 0 Å². The van der Waals surface area contributed by atoms with Gasteiger partial charge in [-0.3, -0.25) is 0 Å². The fourth-order valence-corrected chi connectivity index (χ4v) is 11.7. The normalized spacial score (nSPS) is 18.1.